The molecule has 0 fully saturated rings. The zero-order chi connectivity index (χ0) is 13.9. The number of nitrogens with two attached hydrogens (primary N) is 1. The Kier molecular flexibility index (Phi) is 4.21. The Hall–Kier alpha value is -1.40. The van der Waals surface area contributed by atoms with E-state index in [1.54, 1.807) is 6.33 Å². The molecule has 2 aromatic rings. The Labute approximate surface area is 113 Å². The van der Waals surface area contributed by atoms with Gasteiger partial charge in [0.1, 0.15) is 9.84 Å². The summed E-state index contributed by atoms with van der Waals surface area (Å²) < 4.78 is 24.1. The molecule has 104 valence electrons. The maximum atomic E-state index is 11.0. The van der Waals surface area contributed by atoms with Crippen LogP contribution >= 0.6 is 0 Å². The van der Waals surface area contributed by atoms with Gasteiger partial charge in [-0.25, -0.2) is 13.4 Å². The van der Waals surface area contributed by atoms with Gasteiger partial charge in [-0.3, -0.25) is 0 Å². The molecule has 1 atom stereocenters. The fraction of sp³-hybridized carbons (Fsp3) is 0.462. The molecular formula is C13H19N3O2S. The molecule has 0 aliphatic heterocycles. The molecule has 1 heterocycles. The van der Waals surface area contributed by atoms with Crippen LogP contribution in [-0.2, 0) is 16.4 Å². The number of aromatic nitrogens is 2. The summed E-state index contributed by atoms with van der Waals surface area (Å²) in [7, 11) is -2.89. The normalized spacial score (nSPS) is 13.8. The summed E-state index contributed by atoms with van der Waals surface area (Å²) in [5.41, 5.74) is 8.05. The summed E-state index contributed by atoms with van der Waals surface area (Å²) >= 11 is 0. The van der Waals surface area contributed by atoms with Gasteiger partial charge in [-0.05, 0) is 25.0 Å². The molecule has 1 aromatic heterocycles. The Bertz CT molecular complexity index is 649. The van der Waals surface area contributed by atoms with Crippen LogP contribution in [0.4, 0.5) is 0 Å². The molecule has 1 aromatic carbocycles. The second-order valence-electron chi connectivity index (χ2n) is 4.92. The van der Waals surface area contributed by atoms with Crippen LogP contribution in [0.25, 0.3) is 11.0 Å². The van der Waals surface area contributed by atoms with Crippen molar-refractivity contribution >= 4 is 20.9 Å². The van der Waals surface area contributed by atoms with Crippen LogP contribution in [0.2, 0.25) is 0 Å². The zero-order valence-electron chi connectivity index (χ0n) is 11.0. The van der Waals surface area contributed by atoms with Gasteiger partial charge in [-0.1, -0.05) is 12.1 Å². The first-order valence-corrected chi connectivity index (χ1v) is 8.35. The van der Waals surface area contributed by atoms with Crippen molar-refractivity contribution in [3.05, 3.63) is 30.6 Å². The van der Waals surface area contributed by atoms with Crippen molar-refractivity contribution < 1.29 is 8.42 Å². The highest BCUT2D eigenvalue weighted by atomic mass is 32.2. The molecule has 19 heavy (non-hydrogen) atoms. The second-order valence-corrected chi connectivity index (χ2v) is 7.18. The molecular weight excluding hydrogens is 262 g/mol. The summed E-state index contributed by atoms with van der Waals surface area (Å²) in [6.07, 6.45) is 4.33. The van der Waals surface area contributed by atoms with Gasteiger partial charge in [0, 0.05) is 24.6 Å². The van der Waals surface area contributed by atoms with Gasteiger partial charge in [-0.15, -0.1) is 0 Å². The average molecular weight is 281 g/mol. The predicted octanol–water partition coefficient (Wildman–Crippen LogP) is 1.19. The van der Waals surface area contributed by atoms with Crippen molar-refractivity contribution in [1.82, 2.24) is 9.55 Å². The number of para-hydroxylation sites is 2. The number of sulfone groups is 1. The largest absolute Gasteiger partial charge is 0.329 e. The van der Waals surface area contributed by atoms with Crippen LogP contribution < -0.4 is 5.73 Å². The van der Waals surface area contributed by atoms with E-state index >= 15 is 0 Å². The molecule has 2 N–H and O–H groups in total. The monoisotopic (exact) mass is 281 g/mol. The van der Waals surface area contributed by atoms with E-state index in [4.69, 9.17) is 5.73 Å². The number of rotatable bonds is 6. The lowest BCUT2D eigenvalue weighted by atomic mass is 10.2. The number of hydrogen-bond acceptors (Lipinski definition) is 4. The van der Waals surface area contributed by atoms with Gasteiger partial charge >= 0.3 is 0 Å². The van der Waals surface area contributed by atoms with Crippen LogP contribution in [0.5, 0.6) is 0 Å². The lowest BCUT2D eigenvalue weighted by Gasteiger charge is -2.12. The smallest absolute Gasteiger partial charge is 0.147 e. The van der Waals surface area contributed by atoms with E-state index < -0.39 is 9.84 Å². The Balaban J connectivity index is 1.94. The molecule has 2 rings (SSSR count). The number of hydrogen-bond donors (Lipinski definition) is 1. The maximum absolute atomic E-state index is 11.0. The highest BCUT2D eigenvalue weighted by Crippen LogP contribution is 2.12. The maximum Gasteiger partial charge on any atom is 0.147 e. The SMILES string of the molecule is CS(=O)(=O)CCCC(N)Cn1cnc2ccccc21. The third kappa shape index (κ3) is 4.04. The average Bonchev–Trinajstić information content (AvgIpc) is 2.71. The summed E-state index contributed by atoms with van der Waals surface area (Å²) in [4.78, 5) is 4.30. The van der Waals surface area contributed by atoms with E-state index in [-0.39, 0.29) is 11.8 Å². The lowest BCUT2D eigenvalue weighted by Crippen LogP contribution is -2.26. The third-order valence-electron chi connectivity index (χ3n) is 3.05. The molecule has 0 aliphatic rings. The molecule has 0 saturated heterocycles. The molecule has 0 saturated carbocycles. The zero-order valence-corrected chi connectivity index (χ0v) is 11.8. The Morgan fingerprint density at radius 1 is 1.37 bits per heavy atom. The Morgan fingerprint density at radius 3 is 2.84 bits per heavy atom. The lowest BCUT2D eigenvalue weighted by molar-refractivity contribution is 0.519. The van der Waals surface area contributed by atoms with Gasteiger partial charge < -0.3 is 10.3 Å². The van der Waals surface area contributed by atoms with Gasteiger partial charge in [0.15, 0.2) is 0 Å². The molecule has 0 aliphatic carbocycles. The number of nitrogens with zero attached hydrogens (tertiary/aromatic N) is 2. The van der Waals surface area contributed by atoms with Crippen molar-refractivity contribution in [3.63, 3.8) is 0 Å². The van der Waals surface area contributed by atoms with E-state index in [0.717, 1.165) is 11.0 Å². The molecule has 1 unspecified atom stereocenters. The van der Waals surface area contributed by atoms with Crippen molar-refractivity contribution in [2.75, 3.05) is 12.0 Å². The highest BCUT2D eigenvalue weighted by Gasteiger charge is 2.09. The minimum absolute atomic E-state index is 0.0562. The fourth-order valence-electron chi connectivity index (χ4n) is 2.11. The quantitative estimate of drug-likeness (QED) is 0.862. The van der Waals surface area contributed by atoms with Gasteiger partial charge in [-0.2, -0.15) is 0 Å². The first kappa shape index (κ1) is 14.0. The first-order valence-electron chi connectivity index (χ1n) is 6.29. The van der Waals surface area contributed by atoms with Crippen molar-refractivity contribution in [1.29, 1.82) is 0 Å². The van der Waals surface area contributed by atoms with E-state index in [1.807, 2.05) is 28.8 Å². The van der Waals surface area contributed by atoms with Gasteiger partial charge in [0.25, 0.3) is 0 Å². The predicted molar refractivity (Wildman–Crippen MR) is 76.7 cm³/mol. The second kappa shape index (κ2) is 5.71. The summed E-state index contributed by atoms with van der Waals surface area (Å²) in [6.45, 7) is 0.657. The Morgan fingerprint density at radius 2 is 2.11 bits per heavy atom. The molecule has 0 bridgehead atoms. The summed E-state index contributed by atoms with van der Waals surface area (Å²) in [6, 6.07) is 7.83. The molecule has 0 spiro atoms. The van der Waals surface area contributed by atoms with Crippen LogP contribution in [0.3, 0.4) is 0 Å². The van der Waals surface area contributed by atoms with Crippen molar-refractivity contribution in [2.45, 2.75) is 25.4 Å². The van der Waals surface area contributed by atoms with Crippen LogP contribution in [-0.4, -0.2) is 36.0 Å². The van der Waals surface area contributed by atoms with E-state index in [1.165, 1.54) is 6.26 Å². The molecule has 0 amide bonds. The van der Waals surface area contributed by atoms with Crippen LogP contribution in [0.15, 0.2) is 30.6 Å². The van der Waals surface area contributed by atoms with Crippen molar-refractivity contribution in [2.24, 2.45) is 5.73 Å². The van der Waals surface area contributed by atoms with E-state index in [0.29, 0.717) is 19.4 Å². The van der Waals surface area contributed by atoms with Crippen molar-refractivity contribution in [3.8, 4) is 0 Å². The van der Waals surface area contributed by atoms with Crippen LogP contribution in [0.1, 0.15) is 12.8 Å². The van der Waals surface area contributed by atoms with Crippen LogP contribution in [0, 0.1) is 0 Å². The van der Waals surface area contributed by atoms with E-state index in [9.17, 15) is 8.42 Å². The van der Waals surface area contributed by atoms with Gasteiger partial charge in [0.2, 0.25) is 0 Å². The first-order chi connectivity index (χ1) is 8.96. The number of benzene rings is 1. The topological polar surface area (TPSA) is 78.0 Å². The van der Waals surface area contributed by atoms with Gasteiger partial charge in [0.05, 0.1) is 17.4 Å². The standard InChI is InChI=1S/C13H19N3O2S/c1-19(17,18)8-4-5-11(14)9-16-10-15-12-6-2-3-7-13(12)16/h2-3,6-7,10-11H,4-5,8-9,14H2,1H3. The molecule has 6 heteroatoms. The summed E-state index contributed by atoms with van der Waals surface area (Å²) in [5, 5.41) is 0. The highest BCUT2D eigenvalue weighted by molar-refractivity contribution is 7.90. The number of imidazole rings is 1. The summed E-state index contributed by atoms with van der Waals surface area (Å²) in [5.74, 6) is 0.200. The fourth-order valence-corrected chi connectivity index (χ4v) is 2.80. The minimum Gasteiger partial charge on any atom is -0.329 e. The minimum atomic E-state index is -2.89. The molecule has 5 nitrogen and oxygen atoms in total. The van der Waals surface area contributed by atoms with E-state index in [2.05, 4.69) is 4.98 Å². The molecule has 0 radical (unpaired) electrons. The third-order valence-corrected chi connectivity index (χ3v) is 4.08. The number of fused-ring (bicyclic) bond motifs is 1.